The van der Waals surface area contributed by atoms with Crippen LogP contribution in [-0.2, 0) is 9.53 Å². The first kappa shape index (κ1) is 12.5. The molecule has 0 aromatic carbocycles. The van der Waals surface area contributed by atoms with Gasteiger partial charge in [0.05, 0.1) is 12.7 Å². The fraction of sp³-hybridized carbons (Fsp3) is 0.909. The zero-order chi connectivity index (χ0) is 11.3. The van der Waals surface area contributed by atoms with Gasteiger partial charge in [-0.25, -0.2) is 0 Å². The van der Waals surface area contributed by atoms with Crippen molar-refractivity contribution in [3.05, 3.63) is 0 Å². The topological polar surface area (TPSA) is 64.3 Å². The Morgan fingerprint density at radius 2 is 2.33 bits per heavy atom. The van der Waals surface area contributed by atoms with Crippen LogP contribution in [0.15, 0.2) is 0 Å². The molecule has 1 fully saturated rings. The van der Waals surface area contributed by atoms with Gasteiger partial charge in [-0.15, -0.1) is 0 Å². The fourth-order valence-corrected chi connectivity index (χ4v) is 2.07. The molecule has 0 saturated heterocycles. The Morgan fingerprint density at radius 3 is 2.87 bits per heavy atom. The Kier molecular flexibility index (Phi) is 5.05. The van der Waals surface area contributed by atoms with E-state index in [0.29, 0.717) is 12.7 Å². The van der Waals surface area contributed by atoms with E-state index in [1.165, 1.54) is 12.8 Å². The lowest BCUT2D eigenvalue weighted by Gasteiger charge is -2.27. The molecule has 0 radical (unpaired) electrons. The molecule has 0 heterocycles. The van der Waals surface area contributed by atoms with Crippen molar-refractivity contribution >= 4 is 5.91 Å². The van der Waals surface area contributed by atoms with Crippen LogP contribution in [-0.4, -0.2) is 31.7 Å². The third-order valence-electron chi connectivity index (χ3n) is 3.08. The van der Waals surface area contributed by atoms with E-state index in [-0.39, 0.29) is 11.9 Å². The highest BCUT2D eigenvalue weighted by Gasteiger charge is 2.21. The summed E-state index contributed by atoms with van der Waals surface area (Å²) in [5.41, 5.74) is 5.21. The number of likely N-dealkylation sites (N-methyl/N-ethyl adjacent to an activating group) is 1. The molecule has 0 spiro atoms. The minimum Gasteiger partial charge on any atom is -0.376 e. The number of rotatable bonds is 5. The molecule has 3 unspecified atom stereocenters. The second-order valence-electron chi connectivity index (χ2n) is 4.47. The molecule has 0 aliphatic heterocycles. The van der Waals surface area contributed by atoms with Crippen molar-refractivity contribution in [2.45, 2.75) is 44.8 Å². The van der Waals surface area contributed by atoms with E-state index in [2.05, 4.69) is 12.2 Å². The predicted octanol–water partition coefficient (Wildman–Crippen LogP) is 0.655. The van der Waals surface area contributed by atoms with Crippen LogP contribution < -0.4 is 11.1 Å². The van der Waals surface area contributed by atoms with Gasteiger partial charge >= 0.3 is 0 Å². The molecule has 4 heteroatoms. The number of ether oxygens (including phenoxy) is 1. The van der Waals surface area contributed by atoms with E-state index in [4.69, 9.17) is 10.5 Å². The van der Waals surface area contributed by atoms with Crippen molar-refractivity contribution in [3.63, 3.8) is 0 Å². The van der Waals surface area contributed by atoms with Crippen LogP contribution in [0.3, 0.4) is 0 Å². The van der Waals surface area contributed by atoms with E-state index in [0.717, 1.165) is 18.8 Å². The van der Waals surface area contributed by atoms with E-state index in [9.17, 15) is 4.79 Å². The summed E-state index contributed by atoms with van der Waals surface area (Å²) in [5.74, 6) is 0.395. The van der Waals surface area contributed by atoms with Crippen molar-refractivity contribution < 1.29 is 9.53 Å². The second kappa shape index (κ2) is 6.08. The molecular formula is C11H22N2O2. The van der Waals surface area contributed by atoms with Gasteiger partial charge in [-0.1, -0.05) is 19.8 Å². The van der Waals surface area contributed by atoms with Gasteiger partial charge in [0.1, 0.15) is 6.04 Å². The molecule has 3 atom stereocenters. The maximum atomic E-state index is 10.9. The number of hydrogen-bond donors (Lipinski definition) is 2. The molecule has 1 aliphatic carbocycles. The van der Waals surface area contributed by atoms with E-state index in [1.54, 1.807) is 7.05 Å². The van der Waals surface area contributed by atoms with Crippen LogP contribution in [0.2, 0.25) is 0 Å². The van der Waals surface area contributed by atoms with Gasteiger partial charge in [0, 0.05) is 0 Å². The molecule has 88 valence electrons. The maximum Gasteiger partial charge on any atom is 0.236 e. The number of nitrogens with two attached hydrogens (primary N) is 1. The zero-order valence-corrected chi connectivity index (χ0v) is 9.66. The van der Waals surface area contributed by atoms with Gasteiger partial charge in [-0.3, -0.25) is 4.79 Å². The number of hydrogen-bond acceptors (Lipinski definition) is 3. The first-order valence-electron chi connectivity index (χ1n) is 5.71. The van der Waals surface area contributed by atoms with E-state index >= 15 is 0 Å². The SMILES string of the molecule is CNC(COC1CCCC(C)C1)C(N)=O. The van der Waals surface area contributed by atoms with Crippen molar-refractivity contribution in [2.75, 3.05) is 13.7 Å². The van der Waals surface area contributed by atoms with E-state index < -0.39 is 0 Å². The Morgan fingerprint density at radius 1 is 1.60 bits per heavy atom. The lowest BCUT2D eigenvalue weighted by Crippen LogP contribution is -2.43. The molecule has 0 bridgehead atoms. The molecule has 15 heavy (non-hydrogen) atoms. The van der Waals surface area contributed by atoms with Crippen LogP contribution in [0.5, 0.6) is 0 Å². The lowest BCUT2D eigenvalue weighted by atomic mass is 9.89. The average molecular weight is 214 g/mol. The summed E-state index contributed by atoms with van der Waals surface area (Å²) in [6.45, 7) is 2.64. The molecule has 1 saturated carbocycles. The van der Waals surface area contributed by atoms with Crippen molar-refractivity contribution in [1.29, 1.82) is 0 Å². The third-order valence-corrected chi connectivity index (χ3v) is 3.08. The molecule has 3 N–H and O–H groups in total. The standard InChI is InChI=1S/C11H22N2O2/c1-8-4-3-5-9(6-8)15-7-10(13-2)11(12)14/h8-10,13H,3-7H2,1-2H3,(H2,12,14). The van der Waals surface area contributed by atoms with Crippen LogP contribution in [0.4, 0.5) is 0 Å². The Bertz CT molecular complexity index is 209. The van der Waals surface area contributed by atoms with Crippen LogP contribution in [0.25, 0.3) is 0 Å². The van der Waals surface area contributed by atoms with Crippen molar-refractivity contribution in [3.8, 4) is 0 Å². The van der Waals surface area contributed by atoms with Crippen LogP contribution in [0, 0.1) is 5.92 Å². The molecular weight excluding hydrogens is 192 g/mol. The highest BCUT2D eigenvalue weighted by molar-refractivity contribution is 5.79. The van der Waals surface area contributed by atoms with E-state index in [1.807, 2.05) is 0 Å². The molecule has 1 amide bonds. The minimum absolute atomic E-state index is 0.309. The van der Waals surface area contributed by atoms with Gasteiger partial charge in [0.25, 0.3) is 0 Å². The third kappa shape index (κ3) is 4.18. The highest BCUT2D eigenvalue weighted by Crippen LogP contribution is 2.25. The summed E-state index contributed by atoms with van der Waals surface area (Å²) in [5, 5.41) is 2.85. The first-order valence-corrected chi connectivity index (χ1v) is 5.71. The first-order chi connectivity index (χ1) is 7.13. The zero-order valence-electron chi connectivity index (χ0n) is 9.66. The van der Waals surface area contributed by atoms with Crippen LogP contribution >= 0.6 is 0 Å². The van der Waals surface area contributed by atoms with Crippen molar-refractivity contribution in [1.82, 2.24) is 5.32 Å². The smallest absolute Gasteiger partial charge is 0.236 e. The van der Waals surface area contributed by atoms with Gasteiger partial charge in [-0.05, 0) is 25.8 Å². The van der Waals surface area contributed by atoms with Crippen LogP contribution in [0.1, 0.15) is 32.6 Å². The number of nitrogens with one attached hydrogen (secondary N) is 1. The summed E-state index contributed by atoms with van der Waals surface area (Å²) in [6.07, 6.45) is 5.05. The minimum atomic E-state index is -0.359. The predicted molar refractivity (Wildman–Crippen MR) is 59.4 cm³/mol. The normalized spacial score (nSPS) is 28.7. The molecule has 4 nitrogen and oxygen atoms in total. The fourth-order valence-electron chi connectivity index (χ4n) is 2.07. The second-order valence-corrected chi connectivity index (χ2v) is 4.47. The summed E-state index contributed by atoms with van der Waals surface area (Å²) in [4.78, 5) is 10.9. The lowest BCUT2D eigenvalue weighted by molar-refractivity contribution is -0.122. The summed E-state index contributed by atoms with van der Waals surface area (Å²) >= 11 is 0. The van der Waals surface area contributed by atoms with Gasteiger partial charge in [0.15, 0.2) is 0 Å². The monoisotopic (exact) mass is 214 g/mol. The summed E-state index contributed by atoms with van der Waals surface area (Å²) < 4.78 is 5.70. The number of amides is 1. The quantitative estimate of drug-likeness (QED) is 0.706. The summed E-state index contributed by atoms with van der Waals surface area (Å²) in [7, 11) is 1.72. The summed E-state index contributed by atoms with van der Waals surface area (Å²) in [6, 6.07) is -0.359. The number of carbonyl (C=O) groups excluding carboxylic acids is 1. The molecule has 1 aliphatic rings. The molecule has 1 rings (SSSR count). The Balaban J connectivity index is 2.26. The van der Waals surface area contributed by atoms with Gasteiger partial charge in [0.2, 0.25) is 5.91 Å². The average Bonchev–Trinajstić information content (AvgIpc) is 2.18. The maximum absolute atomic E-state index is 10.9. The molecule has 0 aromatic rings. The van der Waals surface area contributed by atoms with Gasteiger partial charge < -0.3 is 15.8 Å². The Hall–Kier alpha value is -0.610. The Labute approximate surface area is 91.5 Å². The van der Waals surface area contributed by atoms with Crippen molar-refractivity contribution in [2.24, 2.45) is 11.7 Å². The number of primary amides is 1. The van der Waals surface area contributed by atoms with Gasteiger partial charge in [-0.2, -0.15) is 0 Å². The largest absolute Gasteiger partial charge is 0.376 e. The number of carbonyl (C=O) groups is 1. The highest BCUT2D eigenvalue weighted by atomic mass is 16.5. The molecule has 0 aromatic heterocycles.